The molecule has 0 saturated heterocycles. The molecule has 116 valence electrons. The summed E-state index contributed by atoms with van der Waals surface area (Å²) < 4.78 is 5.62. The monoisotopic (exact) mass is 290 g/mol. The van der Waals surface area contributed by atoms with E-state index >= 15 is 0 Å². The Morgan fingerprint density at radius 3 is 2.67 bits per heavy atom. The van der Waals surface area contributed by atoms with Crippen molar-refractivity contribution >= 4 is 17.7 Å². The maximum absolute atomic E-state index is 11.7. The minimum absolute atomic E-state index is 0.0944. The van der Waals surface area contributed by atoms with Crippen molar-refractivity contribution in [2.45, 2.75) is 40.2 Å². The van der Waals surface area contributed by atoms with Gasteiger partial charge in [0.2, 0.25) is 5.91 Å². The molecule has 3 N–H and O–H groups in total. The molecule has 0 aromatic heterocycles. The lowest BCUT2D eigenvalue weighted by Gasteiger charge is -2.11. The molecule has 1 unspecified atom stereocenters. The number of anilines is 1. The Labute approximate surface area is 127 Å². The van der Waals surface area contributed by atoms with Crippen molar-refractivity contribution in [3.8, 4) is 5.75 Å². The van der Waals surface area contributed by atoms with Crippen LogP contribution in [0.2, 0.25) is 0 Å². The summed E-state index contributed by atoms with van der Waals surface area (Å²) in [6.07, 6.45) is 4.18. The van der Waals surface area contributed by atoms with Gasteiger partial charge in [0.05, 0.1) is 12.3 Å². The van der Waals surface area contributed by atoms with E-state index in [1.54, 1.807) is 6.08 Å². The summed E-state index contributed by atoms with van der Waals surface area (Å²) in [4.78, 5) is 11.7. The maximum Gasteiger partial charge on any atom is 0.244 e. The Morgan fingerprint density at radius 1 is 1.38 bits per heavy atom. The fourth-order valence-corrected chi connectivity index (χ4v) is 1.62. The van der Waals surface area contributed by atoms with Gasteiger partial charge in [-0.2, -0.15) is 0 Å². The van der Waals surface area contributed by atoms with Gasteiger partial charge in [-0.05, 0) is 43.0 Å². The quantitative estimate of drug-likeness (QED) is 0.598. The Morgan fingerprint density at radius 2 is 2.10 bits per heavy atom. The smallest absolute Gasteiger partial charge is 0.244 e. The fourth-order valence-electron chi connectivity index (χ4n) is 1.62. The lowest BCUT2D eigenvalue weighted by molar-refractivity contribution is -0.117. The molecule has 0 aliphatic rings. The van der Waals surface area contributed by atoms with Crippen molar-refractivity contribution in [1.29, 1.82) is 0 Å². The maximum atomic E-state index is 11.7. The molecule has 0 heterocycles. The Hall–Kier alpha value is -1.97. The number of nitrogens with two attached hydrogens (primary N) is 1. The molecule has 1 amide bonds. The second-order valence-electron chi connectivity index (χ2n) is 5.65. The highest BCUT2D eigenvalue weighted by Crippen LogP contribution is 2.23. The second-order valence-corrected chi connectivity index (χ2v) is 5.65. The first kappa shape index (κ1) is 17.1. The van der Waals surface area contributed by atoms with E-state index in [0.717, 1.165) is 12.0 Å². The van der Waals surface area contributed by atoms with Crippen LogP contribution in [0.5, 0.6) is 5.75 Å². The molecule has 0 fully saturated rings. The molecule has 0 bridgehead atoms. The predicted octanol–water partition coefficient (Wildman–Crippen LogP) is 3.23. The van der Waals surface area contributed by atoms with E-state index < -0.39 is 0 Å². The third-order valence-corrected chi connectivity index (χ3v) is 3.03. The number of rotatable bonds is 7. The normalized spacial score (nSPS) is 12.6. The van der Waals surface area contributed by atoms with Crippen LogP contribution in [0.4, 0.5) is 5.69 Å². The zero-order valence-electron chi connectivity index (χ0n) is 13.3. The summed E-state index contributed by atoms with van der Waals surface area (Å²) in [7, 11) is 0. The highest BCUT2D eigenvalue weighted by Gasteiger charge is 2.04. The average Bonchev–Trinajstić information content (AvgIpc) is 2.43. The predicted molar refractivity (Wildman–Crippen MR) is 88.1 cm³/mol. The van der Waals surface area contributed by atoms with Crippen LogP contribution in [0, 0.1) is 5.92 Å². The number of carbonyl (C=O) groups excluding carboxylic acids is 1. The first-order chi connectivity index (χ1) is 9.92. The zero-order valence-corrected chi connectivity index (χ0v) is 13.3. The van der Waals surface area contributed by atoms with E-state index in [1.807, 2.05) is 32.0 Å². The number of carbonyl (C=O) groups is 1. The summed E-state index contributed by atoms with van der Waals surface area (Å²) in [6.45, 7) is 8.82. The number of benzene rings is 1. The average molecular weight is 290 g/mol. The van der Waals surface area contributed by atoms with Crippen LogP contribution in [0.3, 0.4) is 0 Å². The molecule has 0 radical (unpaired) electrons. The van der Waals surface area contributed by atoms with Crippen LogP contribution < -0.4 is 15.8 Å². The lowest BCUT2D eigenvalue weighted by atomic mass is 10.1. The molecule has 1 rings (SSSR count). The van der Waals surface area contributed by atoms with E-state index in [9.17, 15) is 4.79 Å². The fraction of sp³-hybridized carbons (Fsp3) is 0.471. The largest absolute Gasteiger partial charge is 0.491 e. The van der Waals surface area contributed by atoms with Gasteiger partial charge in [0.1, 0.15) is 5.75 Å². The van der Waals surface area contributed by atoms with Crippen LogP contribution in [0.1, 0.15) is 39.7 Å². The minimum Gasteiger partial charge on any atom is -0.491 e. The molecule has 0 saturated carbocycles. The van der Waals surface area contributed by atoms with Crippen LogP contribution in [-0.4, -0.2) is 18.6 Å². The highest BCUT2D eigenvalue weighted by atomic mass is 16.5. The van der Waals surface area contributed by atoms with Crippen LogP contribution in [0.25, 0.3) is 6.08 Å². The van der Waals surface area contributed by atoms with Crippen LogP contribution in [0.15, 0.2) is 24.3 Å². The van der Waals surface area contributed by atoms with Gasteiger partial charge >= 0.3 is 0 Å². The highest BCUT2D eigenvalue weighted by molar-refractivity contribution is 5.92. The van der Waals surface area contributed by atoms with Gasteiger partial charge in [-0.3, -0.25) is 4.79 Å². The molecule has 21 heavy (non-hydrogen) atoms. The molecule has 1 aromatic carbocycles. The molecule has 4 nitrogen and oxygen atoms in total. The van der Waals surface area contributed by atoms with Gasteiger partial charge in [-0.1, -0.05) is 26.8 Å². The molecule has 4 heteroatoms. The van der Waals surface area contributed by atoms with Gasteiger partial charge in [-0.15, -0.1) is 0 Å². The molecule has 0 aliphatic carbocycles. The van der Waals surface area contributed by atoms with Crippen molar-refractivity contribution in [3.05, 3.63) is 29.8 Å². The topological polar surface area (TPSA) is 64.3 Å². The van der Waals surface area contributed by atoms with E-state index in [-0.39, 0.29) is 11.9 Å². The van der Waals surface area contributed by atoms with Crippen molar-refractivity contribution < 1.29 is 9.53 Å². The molecule has 0 spiro atoms. The molecule has 0 aliphatic heterocycles. The summed E-state index contributed by atoms with van der Waals surface area (Å²) in [6, 6.07) is 5.71. The lowest BCUT2D eigenvalue weighted by Crippen LogP contribution is -2.30. The Kier molecular flexibility index (Phi) is 6.79. The second kappa shape index (κ2) is 8.35. The van der Waals surface area contributed by atoms with Gasteiger partial charge in [-0.25, -0.2) is 0 Å². The first-order valence-electron chi connectivity index (χ1n) is 7.43. The molecular weight excluding hydrogens is 264 g/mol. The summed E-state index contributed by atoms with van der Waals surface area (Å²) >= 11 is 0. The number of nitrogens with one attached hydrogen (secondary N) is 1. The first-order valence-corrected chi connectivity index (χ1v) is 7.43. The van der Waals surface area contributed by atoms with Crippen LogP contribution in [-0.2, 0) is 4.79 Å². The molecular formula is C17H26N2O2. The van der Waals surface area contributed by atoms with Crippen molar-refractivity contribution in [2.75, 3.05) is 12.3 Å². The standard InChI is InChI=1S/C17H26N2O2/c1-5-13(4)19-17(20)9-7-14-6-8-16(15(18)10-14)21-11-12(2)3/h6-10,12-13H,5,11,18H2,1-4H3,(H,19,20)/b9-7-. The SMILES string of the molecule is CCC(C)NC(=O)/C=C\c1ccc(OCC(C)C)c(N)c1. The summed E-state index contributed by atoms with van der Waals surface area (Å²) in [5, 5.41) is 2.88. The van der Waals surface area contributed by atoms with Gasteiger partial charge < -0.3 is 15.8 Å². The summed E-state index contributed by atoms with van der Waals surface area (Å²) in [5.41, 5.74) is 7.42. The number of nitrogen functional groups attached to an aromatic ring is 1. The number of amides is 1. The van der Waals surface area contributed by atoms with Gasteiger partial charge in [0.15, 0.2) is 0 Å². The molecule has 1 aromatic rings. The van der Waals surface area contributed by atoms with Crippen molar-refractivity contribution in [2.24, 2.45) is 5.92 Å². The van der Waals surface area contributed by atoms with Crippen LogP contribution >= 0.6 is 0 Å². The number of hydrogen-bond acceptors (Lipinski definition) is 3. The minimum atomic E-state index is -0.0944. The van der Waals surface area contributed by atoms with E-state index in [4.69, 9.17) is 10.5 Å². The van der Waals surface area contributed by atoms with Crippen molar-refractivity contribution in [1.82, 2.24) is 5.32 Å². The number of hydrogen-bond donors (Lipinski definition) is 2. The molecule has 1 atom stereocenters. The van der Waals surface area contributed by atoms with Crippen molar-refractivity contribution in [3.63, 3.8) is 0 Å². The van der Waals surface area contributed by atoms with E-state index in [1.165, 1.54) is 6.08 Å². The Bertz CT molecular complexity index is 496. The third-order valence-electron chi connectivity index (χ3n) is 3.03. The number of ether oxygens (including phenoxy) is 1. The van der Waals surface area contributed by atoms with E-state index in [2.05, 4.69) is 19.2 Å². The summed E-state index contributed by atoms with van der Waals surface area (Å²) in [5.74, 6) is 1.04. The zero-order chi connectivity index (χ0) is 15.8. The Balaban J connectivity index is 2.64. The van der Waals surface area contributed by atoms with Gasteiger partial charge in [0.25, 0.3) is 0 Å². The van der Waals surface area contributed by atoms with Gasteiger partial charge in [0, 0.05) is 12.1 Å². The third kappa shape index (κ3) is 6.34. The van der Waals surface area contributed by atoms with E-state index in [0.29, 0.717) is 24.0 Å².